The number of carbonyl (C=O) groups excluding carboxylic acids is 4. The minimum atomic E-state index is -0.719. The average molecular weight is 606 g/mol. The molecule has 0 aromatic heterocycles. The van der Waals surface area contributed by atoms with Crippen molar-refractivity contribution in [3.8, 4) is 11.5 Å². The molecule has 3 fully saturated rings. The molecule has 3 aliphatic rings. The lowest BCUT2D eigenvalue weighted by Crippen LogP contribution is -2.49. The van der Waals surface area contributed by atoms with Crippen molar-refractivity contribution in [1.29, 1.82) is 0 Å². The second-order valence-corrected chi connectivity index (χ2v) is 12.1. The Labute approximate surface area is 258 Å². The van der Waals surface area contributed by atoms with Gasteiger partial charge in [0.15, 0.2) is 6.61 Å². The van der Waals surface area contributed by atoms with Crippen LogP contribution in [0.3, 0.4) is 0 Å². The van der Waals surface area contributed by atoms with Crippen LogP contribution in [0, 0.1) is 11.8 Å². The highest BCUT2D eigenvalue weighted by Gasteiger charge is 2.41. The van der Waals surface area contributed by atoms with Gasteiger partial charge in [-0.05, 0) is 67.5 Å². The monoisotopic (exact) mass is 605 g/mol. The van der Waals surface area contributed by atoms with Crippen LogP contribution in [0.4, 0.5) is 0 Å². The highest BCUT2D eigenvalue weighted by atomic mass is 16.5. The number of piperidine rings is 1. The highest BCUT2D eigenvalue weighted by molar-refractivity contribution is 5.90. The van der Waals surface area contributed by atoms with E-state index in [1.807, 2.05) is 36.4 Å². The molecule has 236 valence electrons. The zero-order chi connectivity index (χ0) is 31.1. The van der Waals surface area contributed by atoms with Crippen molar-refractivity contribution in [2.75, 3.05) is 53.5 Å². The van der Waals surface area contributed by atoms with Gasteiger partial charge in [0.1, 0.15) is 17.5 Å². The summed E-state index contributed by atoms with van der Waals surface area (Å²) in [6.07, 6.45) is 2.22. The summed E-state index contributed by atoms with van der Waals surface area (Å²) in [5.41, 5.74) is 1.16. The van der Waals surface area contributed by atoms with Crippen LogP contribution in [0.2, 0.25) is 0 Å². The molecular formula is C33H43N5O6. The molecule has 3 saturated heterocycles. The van der Waals surface area contributed by atoms with Gasteiger partial charge >= 0.3 is 0 Å². The van der Waals surface area contributed by atoms with Crippen molar-refractivity contribution in [2.45, 2.75) is 44.3 Å². The van der Waals surface area contributed by atoms with Crippen LogP contribution in [0.25, 0.3) is 0 Å². The Bertz CT molecular complexity index is 1320. The van der Waals surface area contributed by atoms with Crippen LogP contribution in [0.5, 0.6) is 11.5 Å². The van der Waals surface area contributed by atoms with Gasteiger partial charge in [-0.25, -0.2) is 0 Å². The van der Waals surface area contributed by atoms with E-state index in [1.54, 1.807) is 26.3 Å². The van der Waals surface area contributed by atoms with Gasteiger partial charge in [-0.2, -0.15) is 0 Å². The van der Waals surface area contributed by atoms with Crippen LogP contribution < -0.4 is 20.1 Å². The lowest BCUT2D eigenvalue weighted by Gasteiger charge is -2.39. The number of amides is 4. The molecule has 3 heterocycles. The molecule has 0 unspecified atom stereocenters. The molecule has 0 radical (unpaired) electrons. The van der Waals surface area contributed by atoms with Gasteiger partial charge in [0.25, 0.3) is 5.91 Å². The van der Waals surface area contributed by atoms with Crippen molar-refractivity contribution in [1.82, 2.24) is 25.3 Å². The van der Waals surface area contributed by atoms with Crippen molar-refractivity contribution in [3.63, 3.8) is 0 Å². The third kappa shape index (κ3) is 8.07. The minimum absolute atomic E-state index is 0.0607. The third-order valence-corrected chi connectivity index (χ3v) is 8.97. The Hall–Kier alpha value is -4.12. The Kier molecular flexibility index (Phi) is 10.4. The van der Waals surface area contributed by atoms with Crippen LogP contribution in [-0.2, 0) is 25.7 Å². The Morgan fingerprint density at radius 2 is 1.77 bits per heavy atom. The number of ether oxygens (including phenoxy) is 2. The van der Waals surface area contributed by atoms with Crippen molar-refractivity contribution >= 4 is 23.6 Å². The molecule has 4 atom stereocenters. The molecule has 2 N–H and O–H groups in total. The fraction of sp³-hybridized carbons (Fsp3) is 0.515. The van der Waals surface area contributed by atoms with E-state index < -0.39 is 12.1 Å². The highest BCUT2D eigenvalue weighted by Crippen LogP contribution is 2.31. The predicted octanol–water partition coefficient (Wildman–Crippen LogP) is 1.67. The molecule has 0 spiro atoms. The first-order chi connectivity index (χ1) is 21.3. The molecule has 2 aromatic rings. The second kappa shape index (κ2) is 14.6. The number of rotatable bonds is 6. The van der Waals surface area contributed by atoms with Crippen LogP contribution in [-0.4, -0.2) is 104 Å². The molecule has 5 rings (SSSR count). The van der Waals surface area contributed by atoms with E-state index in [9.17, 15) is 19.2 Å². The van der Waals surface area contributed by atoms with E-state index in [2.05, 4.69) is 21.6 Å². The first-order valence-corrected chi connectivity index (χ1v) is 15.4. The second-order valence-electron chi connectivity index (χ2n) is 12.1. The van der Waals surface area contributed by atoms with Crippen molar-refractivity contribution in [3.05, 3.63) is 60.2 Å². The maximum Gasteiger partial charge on any atom is 0.261 e. The first-order valence-electron chi connectivity index (χ1n) is 15.4. The molecule has 0 saturated carbocycles. The van der Waals surface area contributed by atoms with Gasteiger partial charge in [-0.15, -0.1) is 0 Å². The zero-order valence-electron chi connectivity index (χ0n) is 25.6. The SMILES string of the molecule is COc1cccc(CN2CC[C@H]3CC(=O)N(C)CC(=O)N[C@@H]4C[C@@H](C(=O)NCC[C@H]3C2)N(C(=O)COc2ccccc2)C4)c1. The maximum absolute atomic E-state index is 13.5. The minimum Gasteiger partial charge on any atom is -0.497 e. The normalized spacial score (nSPS) is 25.3. The van der Waals surface area contributed by atoms with Gasteiger partial charge < -0.3 is 29.9 Å². The quantitative estimate of drug-likeness (QED) is 0.514. The molecule has 11 heteroatoms. The number of hydrogen-bond acceptors (Lipinski definition) is 7. The fourth-order valence-electron chi connectivity index (χ4n) is 6.59. The first kappa shape index (κ1) is 31.3. The van der Waals surface area contributed by atoms with Gasteiger partial charge in [0, 0.05) is 45.7 Å². The molecule has 4 amide bonds. The average Bonchev–Trinajstić information content (AvgIpc) is 3.44. The summed E-state index contributed by atoms with van der Waals surface area (Å²) in [5, 5.41) is 6.00. The molecular weight excluding hydrogens is 562 g/mol. The van der Waals surface area contributed by atoms with Gasteiger partial charge in [0.05, 0.1) is 13.7 Å². The van der Waals surface area contributed by atoms with Crippen LogP contribution in [0.1, 0.15) is 31.2 Å². The summed E-state index contributed by atoms with van der Waals surface area (Å²) in [6.45, 7) is 2.77. The maximum atomic E-state index is 13.5. The molecule has 2 aromatic carbocycles. The fourth-order valence-corrected chi connectivity index (χ4v) is 6.59. The standard InChI is InChI=1S/C33H43N5O6/c1-36-21-30(39)35-26-17-29(38(20-26)32(41)22-44-27-8-4-3-5-9-27)33(42)34-13-11-25-19-37(14-12-24(25)16-31(36)40)18-23-7-6-10-28(15-23)43-2/h3-10,15,24-26,29H,11-14,16-22H2,1-2H3,(H,34,42)(H,35,39)/t24-,25-,26+,29-/m0/s1. The number of likely N-dealkylation sites (N-methyl/N-ethyl adjacent to an activating group) is 1. The predicted molar refractivity (Wildman–Crippen MR) is 164 cm³/mol. The van der Waals surface area contributed by atoms with E-state index >= 15 is 0 Å². The number of para-hydroxylation sites is 1. The lowest BCUT2D eigenvalue weighted by atomic mass is 9.80. The van der Waals surface area contributed by atoms with E-state index in [1.165, 1.54) is 9.80 Å². The number of likely N-dealkylation sites (tertiary alicyclic amines) is 2. The van der Waals surface area contributed by atoms with Crippen LogP contribution in [0.15, 0.2) is 54.6 Å². The van der Waals surface area contributed by atoms with Gasteiger partial charge in [-0.1, -0.05) is 30.3 Å². The lowest BCUT2D eigenvalue weighted by molar-refractivity contribution is -0.140. The molecule has 2 bridgehead atoms. The summed E-state index contributed by atoms with van der Waals surface area (Å²) in [7, 11) is 3.32. The Morgan fingerprint density at radius 1 is 0.977 bits per heavy atom. The number of nitrogens with zero attached hydrogens (tertiary/aromatic N) is 3. The number of benzene rings is 2. The van der Waals surface area contributed by atoms with Gasteiger partial charge in [0.2, 0.25) is 17.7 Å². The molecule has 3 aliphatic heterocycles. The molecule has 44 heavy (non-hydrogen) atoms. The van der Waals surface area contributed by atoms with E-state index in [0.717, 1.165) is 37.4 Å². The Morgan fingerprint density at radius 3 is 2.57 bits per heavy atom. The van der Waals surface area contributed by atoms with Crippen molar-refractivity contribution < 1.29 is 28.7 Å². The number of methoxy groups -OCH3 is 1. The van der Waals surface area contributed by atoms with Gasteiger partial charge in [-0.3, -0.25) is 24.1 Å². The van der Waals surface area contributed by atoms with E-state index in [0.29, 0.717) is 31.6 Å². The summed E-state index contributed by atoms with van der Waals surface area (Å²) in [6, 6.07) is 16.0. The number of nitrogens with one attached hydrogen (secondary N) is 2. The summed E-state index contributed by atoms with van der Waals surface area (Å²) < 4.78 is 11.1. The molecule has 11 nitrogen and oxygen atoms in total. The smallest absolute Gasteiger partial charge is 0.261 e. The van der Waals surface area contributed by atoms with E-state index in [-0.39, 0.29) is 55.2 Å². The number of fused-ring (bicyclic) bond motifs is 3. The van der Waals surface area contributed by atoms with Crippen molar-refractivity contribution in [2.24, 2.45) is 11.8 Å². The van der Waals surface area contributed by atoms with E-state index in [4.69, 9.17) is 9.47 Å². The number of hydrogen-bond donors (Lipinski definition) is 2. The summed E-state index contributed by atoms with van der Waals surface area (Å²) >= 11 is 0. The number of carbonyl (C=O) groups is 4. The largest absolute Gasteiger partial charge is 0.497 e. The topological polar surface area (TPSA) is 121 Å². The summed E-state index contributed by atoms with van der Waals surface area (Å²) in [4.78, 5) is 58.2. The molecule has 0 aliphatic carbocycles. The van der Waals surface area contributed by atoms with Crippen LogP contribution >= 0.6 is 0 Å². The third-order valence-electron chi connectivity index (χ3n) is 8.97. The Balaban J connectivity index is 1.28. The zero-order valence-corrected chi connectivity index (χ0v) is 25.6. The summed E-state index contributed by atoms with van der Waals surface area (Å²) in [5.74, 6) is 0.781.